The third-order valence-electron chi connectivity index (χ3n) is 14.1. The maximum absolute atomic E-state index is 5.37. The van der Waals surface area contributed by atoms with Crippen LogP contribution in [-0.2, 0) is 0 Å². The Morgan fingerprint density at radius 2 is 0.710 bits per heavy atom. The summed E-state index contributed by atoms with van der Waals surface area (Å²) in [4.78, 5) is 5.37. The highest BCUT2D eigenvalue weighted by molar-refractivity contribution is 7.19. The molecule has 0 N–H and O–H groups in total. The van der Waals surface area contributed by atoms with Gasteiger partial charge in [-0.1, -0.05) is 218 Å². The highest BCUT2D eigenvalue weighted by Crippen LogP contribution is 2.39. The van der Waals surface area contributed by atoms with Gasteiger partial charge in [0.05, 0.1) is 27.8 Å². The lowest BCUT2D eigenvalue weighted by Crippen LogP contribution is -2.74. The molecule has 3 heterocycles. The molecule has 0 unspecified atom stereocenters. The third-order valence-corrected chi connectivity index (χ3v) is 18.9. The van der Waals surface area contributed by atoms with Crippen molar-refractivity contribution in [1.82, 2.24) is 14.1 Å². The molecule has 0 atom stereocenters. The second-order valence-electron chi connectivity index (χ2n) is 17.9. The molecule has 13 rings (SSSR count). The van der Waals surface area contributed by atoms with Crippen molar-refractivity contribution in [2.24, 2.45) is 0 Å². The Hall–Kier alpha value is -8.83. The number of aromatic nitrogens is 3. The molecule has 0 amide bonds. The Bertz CT molecular complexity index is 3820. The van der Waals surface area contributed by atoms with Crippen molar-refractivity contribution < 1.29 is 0 Å². The van der Waals surface area contributed by atoms with Crippen molar-refractivity contribution in [3.05, 3.63) is 273 Å². The van der Waals surface area contributed by atoms with E-state index in [-0.39, 0.29) is 0 Å². The maximum atomic E-state index is 5.37. The van der Waals surface area contributed by atoms with Crippen LogP contribution in [0.15, 0.2) is 273 Å². The van der Waals surface area contributed by atoms with Gasteiger partial charge in [0.1, 0.15) is 5.82 Å². The van der Waals surface area contributed by atoms with Gasteiger partial charge in [-0.2, -0.15) is 0 Å². The van der Waals surface area contributed by atoms with Crippen molar-refractivity contribution in [2.75, 3.05) is 0 Å². The molecule has 69 heavy (non-hydrogen) atoms. The molecule has 0 bridgehead atoms. The maximum Gasteiger partial charge on any atom is 0.179 e. The van der Waals surface area contributed by atoms with Crippen LogP contribution in [-0.4, -0.2) is 22.2 Å². The Morgan fingerprint density at radius 3 is 1.32 bits per heavy atom. The van der Waals surface area contributed by atoms with Gasteiger partial charge in [-0.05, 0) is 97.6 Å². The second-order valence-corrected chi connectivity index (χ2v) is 21.7. The van der Waals surface area contributed by atoms with Crippen LogP contribution in [0.1, 0.15) is 0 Å². The van der Waals surface area contributed by atoms with E-state index < -0.39 is 8.07 Å². The number of hydrogen-bond donors (Lipinski definition) is 0. The van der Waals surface area contributed by atoms with Gasteiger partial charge in [0, 0.05) is 32.8 Å². The molecule has 0 aliphatic rings. The zero-order valence-electron chi connectivity index (χ0n) is 37.8. The standard InChI is InChI=1S/C65H45N3Si/c1-6-20-46(21-7-1)50-43-60(47-22-8-2-9-23-47)66-65(45-50)68-62-33-19-17-31-57(62)59-42-48(35-41-63(59)68)49-34-40-58-56-30-16-18-32-61(56)67(64(58)44-49)51-36-38-55(39-37-51)69(52-24-10-3-11-25-52,53-26-12-4-13-27-53)54-28-14-5-15-29-54/h1-45H. The zero-order valence-corrected chi connectivity index (χ0v) is 38.8. The van der Waals surface area contributed by atoms with Crippen LogP contribution in [0.2, 0.25) is 0 Å². The molecule has 3 aromatic heterocycles. The predicted molar refractivity (Wildman–Crippen MR) is 293 cm³/mol. The monoisotopic (exact) mass is 895 g/mol. The summed E-state index contributed by atoms with van der Waals surface area (Å²) in [5, 5.41) is 10.3. The van der Waals surface area contributed by atoms with Crippen molar-refractivity contribution in [3.63, 3.8) is 0 Å². The average molecular weight is 896 g/mol. The lowest BCUT2D eigenvalue weighted by atomic mass is 10.0. The summed E-state index contributed by atoms with van der Waals surface area (Å²) in [6.45, 7) is 0. The SMILES string of the molecule is c1ccc(-c2cc(-c3ccccc3)nc(-n3c4ccccc4c4cc(-c5ccc6c7ccccc7n(-c7ccc([Si](c8ccccc8)(c8ccccc8)c8ccccc8)cc7)c6c5)ccc43)c2)cc1. The van der Waals surface area contributed by atoms with Gasteiger partial charge in [-0.25, -0.2) is 4.98 Å². The first-order valence-electron chi connectivity index (χ1n) is 23.7. The van der Waals surface area contributed by atoms with Gasteiger partial charge in [0.2, 0.25) is 0 Å². The number of fused-ring (bicyclic) bond motifs is 6. The van der Waals surface area contributed by atoms with Gasteiger partial charge >= 0.3 is 0 Å². The van der Waals surface area contributed by atoms with Crippen LogP contribution in [0.5, 0.6) is 0 Å². The van der Waals surface area contributed by atoms with Gasteiger partial charge in [0.25, 0.3) is 0 Å². The van der Waals surface area contributed by atoms with Gasteiger partial charge in [-0.3, -0.25) is 4.57 Å². The van der Waals surface area contributed by atoms with Crippen LogP contribution in [0.25, 0.3) is 88.6 Å². The smallest absolute Gasteiger partial charge is 0.179 e. The molecule has 0 fully saturated rings. The quantitative estimate of drug-likeness (QED) is 0.105. The minimum atomic E-state index is -2.68. The lowest BCUT2D eigenvalue weighted by molar-refractivity contribution is 1.08. The van der Waals surface area contributed by atoms with Crippen molar-refractivity contribution >= 4 is 72.4 Å². The van der Waals surface area contributed by atoms with E-state index in [0.717, 1.165) is 44.9 Å². The number of para-hydroxylation sites is 2. The first-order valence-corrected chi connectivity index (χ1v) is 25.7. The van der Waals surface area contributed by atoms with Crippen LogP contribution >= 0.6 is 0 Å². The van der Waals surface area contributed by atoms with Crippen molar-refractivity contribution in [1.29, 1.82) is 0 Å². The van der Waals surface area contributed by atoms with Crippen LogP contribution < -0.4 is 20.7 Å². The first kappa shape index (κ1) is 40.4. The van der Waals surface area contributed by atoms with E-state index in [1.54, 1.807) is 0 Å². The van der Waals surface area contributed by atoms with E-state index in [1.807, 2.05) is 0 Å². The Labute approximate surface area is 402 Å². The summed E-state index contributed by atoms with van der Waals surface area (Å²) in [6.07, 6.45) is 0. The topological polar surface area (TPSA) is 22.8 Å². The molecular formula is C65H45N3Si. The fourth-order valence-corrected chi connectivity index (χ4v) is 15.7. The van der Waals surface area contributed by atoms with Crippen molar-refractivity contribution in [2.45, 2.75) is 0 Å². The summed E-state index contributed by atoms with van der Waals surface area (Å²) in [5.74, 6) is 0.891. The summed E-state index contributed by atoms with van der Waals surface area (Å²) in [5.41, 5.74) is 12.4. The largest absolute Gasteiger partial charge is 0.309 e. The second kappa shape index (κ2) is 16.8. The highest BCUT2D eigenvalue weighted by atomic mass is 28.3. The summed E-state index contributed by atoms with van der Waals surface area (Å²) < 4.78 is 4.79. The number of nitrogens with zero attached hydrogens (tertiary/aromatic N) is 3. The number of rotatable bonds is 9. The van der Waals surface area contributed by atoms with Crippen LogP contribution in [0.3, 0.4) is 0 Å². The number of benzene rings is 10. The molecule has 324 valence electrons. The minimum Gasteiger partial charge on any atom is -0.309 e. The number of pyridine rings is 1. The van der Waals surface area contributed by atoms with E-state index in [2.05, 4.69) is 282 Å². The zero-order chi connectivity index (χ0) is 45.7. The first-order chi connectivity index (χ1) is 34.2. The molecule has 10 aromatic carbocycles. The molecule has 0 aliphatic carbocycles. The number of hydrogen-bond acceptors (Lipinski definition) is 1. The molecule has 0 radical (unpaired) electrons. The van der Waals surface area contributed by atoms with E-state index >= 15 is 0 Å². The Morgan fingerprint density at radius 1 is 0.261 bits per heavy atom. The van der Waals surface area contributed by atoms with Crippen LogP contribution in [0.4, 0.5) is 0 Å². The van der Waals surface area contributed by atoms with Gasteiger partial charge < -0.3 is 4.57 Å². The molecule has 0 spiro atoms. The van der Waals surface area contributed by atoms with Gasteiger partial charge in [0.15, 0.2) is 8.07 Å². The highest BCUT2D eigenvalue weighted by Gasteiger charge is 2.41. The van der Waals surface area contributed by atoms with E-state index in [9.17, 15) is 0 Å². The molecule has 3 nitrogen and oxygen atoms in total. The Kier molecular flexibility index (Phi) is 9.85. The van der Waals surface area contributed by atoms with Gasteiger partial charge in [-0.15, -0.1) is 0 Å². The normalized spacial score (nSPS) is 11.8. The summed E-state index contributed by atoms with van der Waals surface area (Å²) in [6, 6.07) is 100.0. The molecule has 0 aliphatic heterocycles. The van der Waals surface area contributed by atoms with E-state index in [1.165, 1.54) is 64.5 Å². The predicted octanol–water partition coefficient (Wildman–Crippen LogP) is 13.7. The molecule has 13 aromatic rings. The van der Waals surface area contributed by atoms with E-state index in [4.69, 9.17) is 4.98 Å². The van der Waals surface area contributed by atoms with Crippen molar-refractivity contribution in [3.8, 4) is 45.0 Å². The average Bonchev–Trinajstić information content (AvgIpc) is 3.95. The third kappa shape index (κ3) is 6.76. The summed E-state index contributed by atoms with van der Waals surface area (Å²) in [7, 11) is -2.68. The lowest BCUT2D eigenvalue weighted by Gasteiger charge is -2.34. The summed E-state index contributed by atoms with van der Waals surface area (Å²) >= 11 is 0. The molecular weight excluding hydrogens is 851 g/mol. The molecule has 0 saturated carbocycles. The van der Waals surface area contributed by atoms with Crippen LogP contribution in [0, 0.1) is 0 Å². The fourth-order valence-electron chi connectivity index (χ4n) is 10.9. The molecule has 0 saturated heterocycles. The minimum absolute atomic E-state index is 0.891. The molecule has 4 heteroatoms. The Balaban J connectivity index is 0.961. The van der Waals surface area contributed by atoms with E-state index in [0.29, 0.717) is 0 Å². The fraction of sp³-hybridized carbons (Fsp3) is 0.